The fraction of sp³-hybridized carbons (Fsp3) is 0.412. The molecular formula is C17H21BrN4O4S. The predicted octanol–water partition coefficient (Wildman–Crippen LogP) is 3.02. The Labute approximate surface area is 169 Å². The van der Waals surface area contributed by atoms with Gasteiger partial charge in [0.15, 0.2) is 0 Å². The lowest BCUT2D eigenvalue weighted by Crippen LogP contribution is -2.18. The Balaban J connectivity index is 2.18. The van der Waals surface area contributed by atoms with E-state index < -0.39 is 11.9 Å². The number of aromatic nitrogens is 2. The molecule has 0 unspecified atom stereocenters. The summed E-state index contributed by atoms with van der Waals surface area (Å²) in [6, 6.07) is 0. The number of halogens is 1. The second kappa shape index (κ2) is 8.66. The van der Waals surface area contributed by atoms with Crippen LogP contribution in [0.2, 0.25) is 0 Å². The minimum atomic E-state index is -0.659. The summed E-state index contributed by atoms with van der Waals surface area (Å²) in [4.78, 5) is 36.6. The summed E-state index contributed by atoms with van der Waals surface area (Å²) in [6.07, 6.45) is 1.60. The smallest absolute Gasteiger partial charge is 0.341 e. The zero-order valence-corrected chi connectivity index (χ0v) is 17.9. The van der Waals surface area contributed by atoms with Gasteiger partial charge in [-0.05, 0) is 49.2 Å². The number of nitrogens with zero attached hydrogens (tertiary/aromatic N) is 2. The van der Waals surface area contributed by atoms with Crippen molar-refractivity contribution in [3.05, 3.63) is 32.4 Å². The second-order valence-corrected chi connectivity index (χ2v) is 8.08. The molecule has 0 atom stereocenters. The number of aryl methyl sites for hydroxylation is 2. The molecule has 2 rings (SSSR count). The minimum Gasteiger partial charge on any atom is -0.459 e. The third-order valence-corrected chi connectivity index (χ3v) is 5.63. The van der Waals surface area contributed by atoms with E-state index in [1.165, 1.54) is 0 Å². The van der Waals surface area contributed by atoms with E-state index in [-0.39, 0.29) is 33.9 Å². The molecule has 0 radical (unpaired) electrons. The molecule has 2 amide bonds. The van der Waals surface area contributed by atoms with Crippen molar-refractivity contribution in [2.24, 2.45) is 5.73 Å². The average molecular weight is 457 g/mol. The molecule has 0 aromatic carbocycles. The number of rotatable bonds is 7. The molecule has 2 aromatic rings. The molecule has 2 aromatic heterocycles. The Kier molecular flexibility index (Phi) is 6.77. The molecule has 3 N–H and O–H groups in total. The van der Waals surface area contributed by atoms with Crippen LogP contribution in [0.15, 0.2) is 10.7 Å². The van der Waals surface area contributed by atoms with Crippen LogP contribution in [0.4, 0.5) is 5.00 Å². The summed E-state index contributed by atoms with van der Waals surface area (Å²) < 4.78 is 7.74. The number of ether oxygens (including phenoxy) is 1. The maximum Gasteiger partial charge on any atom is 0.341 e. The number of esters is 1. The van der Waals surface area contributed by atoms with Gasteiger partial charge in [0, 0.05) is 19.2 Å². The van der Waals surface area contributed by atoms with Gasteiger partial charge in [-0.3, -0.25) is 14.3 Å². The van der Waals surface area contributed by atoms with Gasteiger partial charge in [0.2, 0.25) is 5.91 Å². The van der Waals surface area contributed by atoms with Crippen molar-refractivity contribution in [1.29, 1.82) is 0 Å². The molecular weight excluding hydrogens is 436 g/mol. The molecule has 0 aliphatic rings. The van der Waals surface area contributed by atoms with E-state index in [0.717, 1.165) is 21.5 Å². The van der Waals surface area contributed by atoms with Crippen LogP contribution in [0.1, 0.15) is 51.6 Å². The average Bonchev–Trinajstić information content (AvgIpc) is 3.04. The number of carbonyl (C=O) groups is 3. The summed E-state index contributed by atoms with van der Waals surface area (Å²) in [5, 5.41) is 7.22. The number of carbonyl (C=O) groups excluding carboxylic acids is 3. The molecule has 8 nitrogen and oxygen atoms in total. The monoisotopic (exact) mass is 456 g/mol. The number of primary amides is 1. The molecule has 0 spiro atoms. The Bertz CT molecular complexity index is 868. The Morgan fingerprint density at radius 2 is 2.04 bits per heavy atom. The van der Waals surface area contributed by atoms with Crippen LogP contribution in [-0.2, 0) is 16.1 Å². The van der Waals surface area contributed by atoms with E-state index >= 15 is 0 Å². The molecule has 0 saturated carbocycles. The first-order valence-corrected chi connectivity index (χ1v) is 9.84. The summed E-state index contributed by atoms with van der Waals surface area (Å²) in [5.74, 6) is -1.57. The number of hydrogen-bond acceptors (Lipinski definition) is 6. The SMILES string of the molecule is Cc1nn(CCC(=O)Nc2sc(C(N)=O)c(C)c2C(=O)OC(C)C)cc1Br. The molecule has 0 fully saturated rings. The van der Waals surface area contributed by atoms with Crippen LogP contribution in [0.3, 0.4) is 0 Å². The summed E-state index contributed by atoms with van der Waals surface area (Å²) in [6.45, 7) is 7.27. The fourth-order valence-corrected chi connectivity index (χ4v) is 3.75. The second-order valence-electron chi connectivity index (χ2n) is 6.20. The Morgan fingerprint density at radius 1 is 1.37 bits per heavy atom. The first-order valence-electron chi connectivity index (χ1n) is 8.23. The number of hydrogen-bond donors (Lipinski definition) is 2. The highest BCUT2D eigenvalue weighted by molar-refractivity contribution is 9.10. The summed E-state index contributed by atoms with van der Waals surface area (Å²) in [5.41, 5.74) is 6.76. The number of nitrogens with one attached hydrogen (secondary N) is 1. The lowest BCUT2D eigenvalue weighted by atomic mass is 10.1. The number of anilines is 1. The first-order chi connectivity index (χ1) is 12.6. The molecule has 2 heterocycles. The van der Waals surface area contributed by atoms with Gasteiger partial charge in [-0.1, -0.05) is 0 Å². The highest BCUT2D eigenvalue weighted by Gasteiger charge is 2.26. The van der Waals surface area contributed by atoms with Gasteiger partial charge >= 0.3 is 5.97 Å². The van der Waals surface area contributed by atoms with Crippen molar-refractivity contribution in [2.45, 2.75) is 46.8 Å². The largest absolute Gasteiger partial charge is 0.459 e. The number of nitrogens with two attached hydrogens (primary N) is 1. The van der Waals surface area contributed by atoms with Crippen molar-refractivity contribution in [3.63, 3.8) is 0 Å². The van der Waals surface area contributed by atoms with Crippen LogP contribution in [0, 0.1) is 13.8 Å². The molecule has 0 aliphatic carbocycles. The van der Waals surface area contributed by atoms with Gasteiger partial charge in [0.1, 0.15) is 5.00 Å². The van der Waals surface area contributed by atoms with Crippen LogP contribution in [0.25, 0.3) is 0 Å². The topological polar surface area (TPSA) is 116 Å². The van der Waals surface area contributed by atoms with Crippen molar-refractivity contribution < 1.29 is 19.1 Å². The van der Waals surface area contributed by atoms with E-state index in [0.29, 0.717) is 12.1 Å². The Hall–Kier alpha value is -2.20. The fourth-order valence-electron chi connectivity index (χ4n) is 2.37. The molecule has 0 saturated heterocycles. The zero-order chi connectivity index (χ0) is 20.3. The normalized spacial score (nSPS) is 10.9. The first kappa shape index (κ1) is 21.1. The van der Waals surface area contributed by atoms with Crippen molar-refractivity contribution in [1.82, 2.24) is 9.78 Å². The third-order valence-electron chi connectivity index (χ3n) is 3.62. The third kappa shape index (κ3) is 5.16. The predicted molar refractivity (Wildman–Crippen MR) is 106 cm³/mol. The van der Waals surface area contributed by atoms with Crippen molar-refractivity contribution in [2.75, 3.05) is 5.32 Å². The Morgan fingerprint density at radius 3 is 2.56 bits per heavy atom. The van der Waals surface area contributed by atoms with Crippen LogP contribution < -0.4 is 11.1 Å². The zero-order valence-electron chi connectivity index (χ0n) is 15.5. The summed E-state index contributed by atoms with van der Waals surface area (Å²) >= 11 is 4.34. The number of amides is 2. The van der Waals surface area contributed by atoms with E-state index in [1.807, 2.05) is 6.92 Å². The lowest BCUT2D eigenvalue weighted by molar-refractivity contribution is -0.116. The van der Waals surface area contributed by atoms with Crippen LogP contribution in [-0.4, -0.2) is 33.7 Å². The van der Waals surface area contributed by atoms with Gasteiger partial charge in [-0.2, -0.15) is 5.10 Å². The van der Waals surface area contributed by atoms with Gasteiger partial charge < -0.3 is 15.8 Å². The van der Waals surface area contributed by atoms with Gasteiger partial charge in [-0.15, -0.1) is 11.3 Å². The van der Waals surface area contributed by atoms with E-state index in [9.17, 15) is 14.4 Å². The molecule has 146 valence electrons. The van der Waals surface area contributed by atoms with E-state index in [1.54, 1.807) is 31.6 Å². The van der Waals surface area contributed by atoms with Crippen LogP contribution in [0.5, 0.6) is 0 Å². The highest BCUT2D eigenvalue weighted by atomic mass is 79.9. The van der Waals surface area contributed by atoms with Gasteiger partial charge in [-0.25, -0.2) is 4.79 Å². The van der Waals surface area contributed by atoms with E-state index in [4.69, 9.17) is 10.5 Å². The van der Waals surface area contributed by atoms with E-state index in [2.05, 4.69) is 26.3 Å². The molecule has 27 heavy (non-hydrogen) atoms. The minimum absolute atomic E-state index is 0.148. The lowest BCUT2D eigenvalue weighted by Gasteiger charge is -2.10. The van der Waals surface area contributed by atoms with Crippen molar-refractivity contribution in [3.8, 4) is 0 Å². The maximum atomic E-state index is 12.4. The van der Waals surface area contributed by atoms with Gasteiger partial charge in [0.25, 0.3) is 5.91 Å². The maximum absolute atomic E-state index is 12.4. The molecule has 0 bridgehead atoms. The van der Waals surface area contributed by atoms with Crippen molar-refractivity contribution >= 4 is 50.1 Å². The quantitative estimate of drug-likeness (QED) is 0.620. The summed E-state index contributed by atoms with van der Waals surface area (Å²) in [7, 11) is 0. The standard InChI is InChI=1S/C17H21BrN4O4S/c1-8(2)26-17(25)13-9(3)14(15(19)24)27-16(13)20-12(23)5-6-22-7-11(18)10(4)21-22/h7-8H,5-6H2,1-4H3,(H2,19,24)(H,20,23). The van der Waals surface area contributed by atoms with Gasteiger partial charge in [0.05, 0.1) is 26.7 Å². The molecule has 0 aliphatic heterocycles. The number of thiophene rings is 1. The van der Waals surface area contributed by atoms with Crippen LogP contribution >= 0.6 is 27.3 Å². The highest BCUT2D eigenvalue weighted by Crippen LogP contribution is 2.33. The molecule has 10 heteroatoms.